The largest absolute Gasteiger partial charge is 0.480 e. The van der Waals surface area contributed by atoms with Gasteiger partial charge in [-0.25, -0.2) is 9.59 Å². The molecule has 0 saturated carbocycles. The Morgan fingerprint density at radius 3 is 2.71 bits per heavy atom. The van der Waals surface area contributed by atoms with Crippen LogP contribution in [0.15, 0.2) is 0 Å². The number of carboxylic acids is 1. The van der Waals surface area contributed by atoms with Crippen LogP contribution in [0.5, 0.6) is 0 Å². The zero-order valence-corrected chi connectivity index (χ0v) is 13.2. The highest BCUT2D eigenvalue weighted by Crippen LogP contribution is 2.11. The summed E-state index contributed by atoms with van der Waals surface area (Å²) in [4.78, 5) is 27.4. The normalized spacial score (nSPS) is 21.1. The van der Waals surface area contributed by atoms with Crippen LogP contribution in [0.4, 0.5) is 4.79 Å². The number of carboxylic acid groups (broad SMARTS) is 1. The van der Waals surface area contributed by atoms with E-state index in [4.69, 9.17) is 4.74 Å². The lowest BCUT2D eigenvalue weighted by atomic mass is 10.1. The maximum absolute atomic E-state index is 12.2. The van der Waals surface area contributed by atoms with Crippen molar-refractivity contribution in [3.8, 4) is 0 Å². The number of nitrogens with one attached hydrogen (secondary N) is 1. The predicted octanol–water partition coefficient (Wildman–Crippen LogP) is 0.602. The van der Waals surface area contributed by atoms with E-state index in [0.717, 1.165) is 13.0 Å². The fourth-order valence-electron chi connectivity index (χ4n) is 2.50. The van der Waals surface area contributed by atoms with Gasteiger partial charge in [-0.15, -0.1) is 0 Å². The van der Waals surface area contributed by atoms with E-state index in [1.54, 1.807) is 12.0 Å². The summed E-state index contributed by atoms with van der Waals surface area (Å²) in [6, 6.07) is -0.806. The number of methoxy groups -OCH3 is 1. The molecule has 2 unspecified atom stereocenters. The number of rotatable bonds is 7. The highest BCUT2D eigenvalue weighted by Gasteiger charge is 2.28. The van der Waals surface area contributed by atoms with Gasteiger partial charge in [0.2, 0.25) is 0 Å². The number of urea groups is 1. The van der Waals surface area contributed by atoms with Crippen LogP contribution in [-0.2, 0) is 9.53 Å². The molecule has 122 valence electrons. The Labute approximate surface area is 126 Å². The lowest BCUT2D eigenvalue weighted by Gasteiger charge is -2.39. The van der Waals surface area contributed by atoms with Crippen molar-refractivity contribution in [2.75, 3.05) is 40.4 Å². The van der Waals surface area contributed by atoms with Gasteiger partial charge in [0.15, 0.2) is 0 Å². The monoisotopic (exact) mass is 301 g/mol. The fraction of sp³-hybridized carbons (Fsp3) is 0.857. The SMILES string of the molecule is CCC1CN(C(=O)NC(CCCOC)C(=O)O)CCN1C. The van der Waals surface area contributed by atoms with Crippen molar-refractivity contribution in [1.29, 1.82) is 0 Å². The van der Waals surface area contributed by atoms with E-state index in [2.05, 4.69) is 17.1 Å². The molecule has 2 N–H and O–H groups in total. The fourth-order valence-corrected chi connectivity index (χ4v) is 2.50. The van der Waals surface area contributed by atoms with Gasteiger partial charge >= 0.3 is 12.0 Å². The van der Waals surface area contributed by atoms with Gasteiger partial charge in [0.1, 0.15) is 6.04 Å². The molecule has 0 radical (unpaired) electrons. The van der Waals surface area contributed by atoms with Crippen LogP contribution in [0.25, 0.3) is 0 Å². The third-order valence-electron chi connectivity index (χ3n) is 3.97. The van der Waals surface area contributed by atoms with Crippen LogP contribution in [0.2, 0.25) is 0 Å². The summed E-state index contributed by atoms with van der Waals surface area (Å²) >= 11 is 0. The van der Waals surface area contributed by atoms with Gasteiger partial charge in [0, 0.05) is 39.4 Å². The maximum atomic E-state index is 12.2. The van der Waals surface area contributed by atoms with Gasteiger partial charge in [-0.05, 0) is 26.3 Å². The molecule has 1 rings (SSSR count). The molecular formula is C14H27N3O4. The Hall–Kier alpha value is -1.34. The smallest absolute Gasteiger partial charge is 0.326 e. The summed E-state index contributed by atoms with van der Waals surface area (Å²) < 4.78 is 4.91. The summed E-state index contributed by atoms with van der Waals surface area (Å²) in [5, 5.41) is 11.8. The number of carbonyl (C=O) groups excluding carboxylic acids is 1. The molecule has 0 aromatic heterocycles. The molecule has 2 atom stereocenters. The molecule has 1 saturated heterocycles. The molecule has 0 spiro atoms. The Bertz CT molecular complexity index is 351. The predicted molar refractivity (Wildman–Crippen MR) is 79.3 cm³/mol. The van der Waals surface area contributed by atoms with Crippen molar-refractivity contribution in [3.05, 3.63) is 0 Å². The number of piperazine rings is 1. The Kier molecular flexibility index (Phi) is 7.45. The van der Waals surface area contributed by atoms with E-state index >= 15 is 0 Å². The first-order valence-electron chi connectivity index (χ1n) is 7.47. The number of ether oxygens (including phenoxy) is 1. The molecule has 21 heavy (non-hydrogen) atoms. The molecule has 0 aliphatic carbocycles. The van der Waals surface area contributed by atoms with Crippen LogP contribution < -0.4 is 5.32 Å². The van der Waals surface area contributed by atoms with Crippen LogP contribution in [0.1, 0.15) is 26.2 Å². The van der Waals surface area contributed by atoms with E-state index in [0.29, 0.717) is 38.6 Å². The van der Waals surface area contributed by atoms with Crippen molar-refractivity contribution in [3.63, 3.8) is 0 Å². The quantitative estimate of drug-likeness (QED) is 0.673. The Morgan fingerprint density at radius 2 is 2.14 bits per heavy atom. The number of hydrogen-bond acceptors (Lipinski definition) is 4. The lowest BCUT2D eigenvalue weighted by molar-refractivity contribution is -0.139. The van der Waals surface area contributed by atoms with Crippen molar-refractivity contribution in [2.24, 2.45) is 0 Å². The third kappa shape index (κ3) is 5.51. The highest BCUT2D eigenvalue weighted by molar-refractivity contribution is 5.82. The zero-order chi connectivity index (χ0) is 15.8. The summed E-state index contributed by atoms with van der Waals surface area (Å²) in [5.41, 5.74) is 0. The third-order valence-corrected chi connectivity index (χ3v) is 3.97. The molecule has 1 aliphatic rings. The second-order valence-electron chi connectivity index (χ2n) is 5.46. The van der Waals surface area contributed by atoms with E-state index in [1.165, 1.54) is 0 Å². The van der Waals surface area contributed by atoms with Gasteiger partial charge in [-0.1, -0.05) is 6.92 Å². The van der Waals surface area contributed by atoms with Crippen molar-refractivity contribution < 1.29 is 19.4 Å². The first-order valence-corrected chi connectivity index (χ1v) is 7.47. The number of nitrogens with zero attached hydrogens (tertiary/aromatic N) is 2. The van der Waals surface area contributed by atoms with Crippen LogP contribution >= 0.6 is 0 Å². The topological polar surface area (TPSA) is 82.1 Å². The number of hydrogen-bond donors (Lipinski definition) is 2. The molecule has 0 aromatic carbocycles. The number of carbonyl (C=O) groups is 2. The van der Waals surface area contributed by atoms with Crippen molar-refractivity contribution in [2.45, 2.75) is 38.3 Å². The van der Waals surface area contributed by atoms with Crippen molar-refractivity contribution in [1.82, 2.24) is 15.1 Å². The van der Waals surface area contributed by atoms with Crippen LogP contribution in [-0.4, -0.2) is 79.4 Å². The average molecular weight is 301 g/mol. The van der Waals surface area contributed by atoms with E-state index in [-0.39, 0.29) is 6.03 Å². The summed E-state index contributed by atoms with van der Waals surface area (Å²) in [5.74, 6) is -0.999. The van der Waals surface area contributed by atoms with Gasteiger partial charge in [0.05, 0.1) is 0 Å². The minimum Gasteiger partial charge on any atom is -0.480 e. The number of aliphatic carboxylic acids is 1. The minimum absolute atomic E-state index is 0.286. The highest BCUT2D eigenvalue weighted by atomic mass is 16.5. The molecule has 1 heterocycles. The Morgan fingerprint density at radius 1 is 1.43 bits per heavy atom. The van der Waals surface area contributed by atoms with Crippen molar-refractivity contribution >= 4 is 12.0 Å². The minimum atomic E-state index is -0.999. The second kappa shape index (κ2) is 8.84. The molecule has 2 amide bonds. The van der Waals surface area contributed by atoms with Gasteiger partial charge in [-0.3, -0.25) is 4.90 Å². The van der Waals surface area contributed by atoms with E-state index in [9.17, 15) is 14.7 Å². The molecule has 0 aromatic rings. The first kappa shape index (κ1) is 17.7. The molecule has 1 fully saturated rings. The molecule has 7 nitrogen and oxygen atoms in total. The summed E-state index contributed by atoms with van der Waals surface area (Å²) in [6.07, 6.45) is 1.95. The molecule has 0 bridgehead atoms. The molecule has 1 aliphatic heterocycles. The lowest BCUT2D eigenvalue weighted by Crippen LogP contribution is -2.57. The number of likely N-dealkylation sites (N-methyl/N-ethyl adjacent to an activating group) is 1. The van der Waals surface area contributed by atoms with E-state index in [1.807, 2.05) is 7.05 Å². The van der Waals surface area contributed by atoms with E-state index < -0.39 is 12.0 Å². The maximum Gasteiger partial charge on any atom is 0.326 e. The molecular weight excluding hydrogens is 274 g/mol. The van der Waals surface area contributed by atoms with Gasteiger partial charge in [-0.2, -0.15) is 0 Å². The van der Waals surface area contributed by atoms with Crippen LogP contribution in [0.3, 0.4) is 0 Å². The summed E-state index contributed by atoms with van der Waals surface area (Å²) in [6.45, 7) is 4.67. The first-order chi connectivity index (χ1) is 9.99. The molecule has 7 heteroatoms. The van der Waals surface area contributed by atoms with Gasteiger partial charge in [0.25, 0.3) is 0 Å². The summed E-state index contributed by atoms with van der Waals surface area (Å²) in [7, 11) is 3.62. The Balaban J connectivity index is 2.50. The average Bonchev–Trinajstić information content (AvgIpc) is 2.46. The number of amides is 2. The standard InChI is InChI=1S/C14H27N3O4/c1-4-11-10-17(8-7-16(11)2)14(20)15-12(13(18)19)6-5-9-21-3/h11-12H,4-10H2,1-3H3,(H,15,20)(H,18,19). The van der Waals surface area contributed by atoms with Gasteiger partial charge < -0.3 is 20.1 Å². The second-order valence-corrected chi connectivity index (χ2v) is 5.46. The zero-order valence-electron chi connectivity index (χ0n) is 13.2. The van der Waals surface area contributed by atoms with Crippen LogP contribution in [0, 0.1) is 0 Å².